The molecule has 0 saturated carbocycles. The first-order valence-electron chi connectivity index (χ1n) is 9.20. The van der Waals surface area contributed by atoms with Crippen LogP contribution in [0.2, 0.25) is 0 Å². The highest BCUT2D eigenvalue weighted by atomic mass is 16.5. The van der Waals surface area contributed by atoms with Crippen molar-refractivity contribution in [3.63, 3.8) is 0 Å². The summed E-state index contributed by atoms with van der Waals surface area (Å²) in [6.45, 7) is 0. The molecule has 8 heteroatoms. The molecule has 3 N–H and O–H groups in total. The third-order valence-corrected chi connectivity index (χ3v) is 4.44. The normalized spacial score (nSPS) is 10.1. The van der Waals surface area contributed by atoms with Gasteiger partial charge in [0.1, 0.15) is 11.5 Å². The topological polar surface area (TPSA) is 114 Å². The maximum absolute atomic E-state index is 12.7. The Morgan fingerprint density at radius 3 is 1.68 bits per heavy atom. The predicted octanol–water partition coefficient (Wildman–Crippen LogP) is 3.91. The van der Waals surface area contributed by atoms with E-state index < -0.39 is 11.9 Å². The number of amides is 2. The second kappa shape index (κ2) is 9.45. The molecule has 3 rings (SSSR count). The van der Waals surface area contributed by atoms with Gasteiger partial charge in [-0.2, -0.15) is 0 Å². The minimum atomic E-state index is -1.10. The Balaban J connectivity index is 1.80. The Labute approximate surface area is 178 Å². The van der Waals surface area contributed by atoms with Crippen molar-refractivity contribution in [1.29, 1.82) is 0 Å². The largest absolute Gasteiger partial charge is 0.495 e. The predicted molar refractivity (Wildman–Crippen MR) is 115 cm³/mol. The Kier molecular flexibility index (Phi) is 6.51. The highest BCUT2D eigenvalue weighted by molar-refractivity contribution is 6.08. The zero-order chi connectivity index (χ0) is 22.4. The van der Waals surface area contributed by atoms with Crippen LogP contribution in [-0.4, -0.2) is 37.1 Å². The molecule has 31 heavy (non-hydrogen) atoms. The number of hydrogen-bond donors (Lipinski definition) is 3. The number of anilines is 2. The van der Waals surface area contributed by atoms with Crippen molar-refractivity contribution >= 4 is 29.2 Å². The Bertz CT molecular complexity index is 1130. The summed E-state index contributed by atoms with van der Waals surface area (Å²) in [5.74, 6) is -1.34. The summed E-state index contributed by atoms with van der Waals surface area (Å²) in [5.41, 5.74) is 1.53. The lowest BCUT2D eigenvalue weighted by atomic mass is 10.1. The van der Waals surface area contributed by atoms with Gasteiger partial charge < -0.3 is 25.2 Å². The van der Waals surface area contributed by atoms with Gasteiger partial charge in [-0.1, -0.05) is 18.2 Å². The van der Waals surface area contributed by atoms with Gasteiger partial charge in [-0.15, -0.1) is 0 Å². The molecule has 0 heterocycles. The van der Waals surface area contributed by atoms with Crippen LogP contribution in [0.3, 0.4) is 0 Å². The molecule has 0 spiro atoms. The molecule has 0 aliphatic rings. The summed E-state index contributed by atoms with van der Waals surface area (Å²) in [6.07, 6.45) is 0. The van der Waals surface area contributed by atoms with Crippen molar-refractivity contribution in [2.75, 3.05) is 24.9 Å². The number of aromatic carboxylic acids is 1. The smallest absolute Gasteiger partial charge is 0.335 e. The number of carboxylic acids is 1. The zero-order valence-electron chi connectivity index (χ0n) is 16.8. The van der Waals surface area contributed by atoms with E-state index in [0.29, 0.717) is 22.7 Å². The van der Waals surface area contributed by atoms with Crippen molar-refractivity contribution in [1.82, 2.24) is 0 Å². The van der Waals surface area contributed by atoms with E-state index in [1.54, 1.807) is 30.3 Å². The lowest BCUT2D eigenvalue weighted by Crippen LogP contribution is -2.15. The van der Waals surface area contributed by atoms with E-state index in [-0.39, 0.29) is 22.8 Å². The molecule has 0 atom stereocenters. The monoisotopic (exact) mass is 420 g/mol. The number of carbonyl (C=O) groups excluding carboxylic acids is 2. The molecule has 0 aliphatic carbocycles. The molecule has 0 bridgehead atoms. The van der Waals surface area contributed by atoms with Gasteiger partial charge in [-0.05, 0) is 48.5 Å². The second-order valence-corrected chi connectivity index (χ2v) is 6.41. The summed E-state index contributed by atoms with van der Waals surface area (Å²) in [7, 11) is 2.81. The zero-order valence-corrected chi connectivity index (χ0v) is 16.8. The lowest BCUT2D eigenvalue weighted by molar-refractivity contribution is 0.0696. The van der Waals surface area contributed by atoms with Gasteiger partial charge in [-0.3, -0.25) is 9.59 Å². The number of carboxylic acid groups (broad SMARTS) is 1. The Hall–Kier alpha value is -4.33. The van der Waals surface area contributed by atoms with Crippen LogP contribution in [0.4, 0.5) is 11.4 Å². The van der Waals surface area contributed by atoms with Crippen LogP contribution < -0.4 is 20.1 Å². The molecule has 8 nitrogen and oxygen atoms in total. The van der Waals surface area contributed by atoms with E-state index in [4.69, 9.17) is 14.6 Å². The highest BCUT2D eigenvalue weighted by Gasteiger charge is 2.16. The first-order valence-corrected chi connectivity index (χ1v) is 9.20. The third-order valence-electron chi connectivity index (χ3n) is 4.44. The molecular weight excluding hydrogens is 400 g/mol. The minimum absolute atomic E-state index is 0.0371. The first kappa shape index (κ1) is 21.4. The number of hydrogen-bond acceptors (Lipinski definition) is 5. The first-order chi connectivity index (χ1) is 14.9. The van der Waals surface area contributed by atoms with Gasteiger partial charge in [0.15, 0.2) is 0 Å². The number of nitrogens with one attached hydrogen (secondary N) is 2. The number of benzene rings is 3. The molecular formula is C23H20N2O6. The van der Waals surface area contributed by atoms with Gasteiger partial charge in [-0.25, -0.2) is 4.79 Å². The summed E-state index contributed by atoms with van der Waals surface area (Å²) < 4.78 is 10.5. The van der Waals surface area contributed by atoms with Crippen molar-refractivity contribution in [3.05, 3.63) is 83.4 Å². The second-order valence-electron chi connectivity index (χ2n) is 6.41. The van der Waals surface area contributed by atoms with Gasteiger partial charge in [0.25, 0.3) is 11.8 Å². The van der Waals surface area contributed by atoms with Crippen molar-refractivity contribution < 1.29 is 29.0 Å². The minimum Gasteiger partial charge on any atom is -0.495 e. The van der Waals surface area contributed by atoms with E-state index in [1.165, 1.54) is 44.6 Å². The lowest BCUT2D eigenvalue weighted by Gasteiger charge is -2.13. The standard InChI is InChI=1S/C23H20N2O6/c1-30-19-12-15(8-10-17(19)24-21(26)14-6-4-3-5-7-14)22(27)25-18-11-9-16(23(28)29)13-20(18)31-2/h3-13H,1-2H3,(H,24,26)(H,25,27)(H,28,29). The summed E-state index contributed by atoms with van der Waals surface area (Å²) in [6, 6.07) is 17.4. The van der Waals surface area contributed by atoms with Crippen molar-refractivity contribution in [2.45, 2.75) is 0 Å². The van der Waals surface area contributed by atoms with Crippen LogP contribution in [0, 0.1) is 0 Å². The van der Waals surface area contributed by atoms with Crippen molar-refractivity contribution in [2.24, 2.45) is 0 Å². The van der Waals surface area contributed by atoms with Gasteiger partial charge in [0.2, 0.25) is 0 Å². The number of ether oxygens (including phenoxy) is 2. The summed E-state index contributed by atoms with van der Waals surface area (Å²) in [5, 5.41) is 14.5. The molecule has 0 aromatic heterocycles. The maximum atomic E-state index is 12.7. The van der Waals surface area contributed by atoms with Crippen LogP contribution in [-0.2, 0) is 0 Å². The van der Waals surface area contributed by atoms with Crippen LogP contribution in [0.1, 0.15) is 31.1 Å². The molecule has 0 radical (unpaired) electrons. The van der Waals surface area contributed by atoms with Gasteiger partial charge >= 0.3 is 5.97 Å². The Morgan fingerprint density at radius 2 is 1.16 bits per heavy atom. The van der Waals surface area contributed by atoms with E-state index in [1.807, 2.05) is 6.07 Å². The molecule has 3 aromatic rings. The summed E-state index contributed by atoms with van der Waals surface area (Å²) in [4.78, 5) is 36.2. The molecule has 3 aromatic carbocycles. The molecule has 158 valence electrons. The van der Waals surface area contributed by atoms with Crippen LogP contribution in [0.5, 0.6) is 11.5 Å². The average Bonchev–Trinajstić information content (AvgIpc) is 2.79. The third kappa shape index (κ3) is 4.99. The van der Waals surface area contributed by atoms with E-state index in [0.717, 1.165) is 0 Å². The Morgan fingerprint density at radius 1 is 0.677 bits per heavy atom. The SMILES string of the molecule is COc1cc(C(=O)O)ccc1NC(=O)c1ccc(NC(=O)c2ccccc2)c(OC)c1. The molecule has 2 amide bonds. The van der Waals surface area contributed by atoms with E-state index >= 15 is 0 Å². The average molecular weight is 420 g/mol. The number of carbonyl (C=O) groups is 3. The highest BCUT2D eigenvalue weighted by Crippen LogP contribution is 2.29. The van der Waals surface area contributed by atoms with Gasteiger partial charge in [0, 0.05) is 11.1 Å². The van der Waals surface area contributed by atoms with Crippen LogP contribution in [0.15, 0.2) is 66.7 Å². The number of rotatable bonds is 7. The van der Waals surface area contributed by atoms with Crippen LogP contribution >= 0.6 is 0 Å². The van der Waals surface area contributed by atoms with Crippen LogP contribution in [0.25, 0.3) is 0 Å². The summed E-state index contributed by atoms with van der Waals surface area (Å²) >= 11 is 0. The molecule has 0 saturated heterocycles. The van der Waals surface area contributed by atoms with E-state index in [9.17, 15) is 14.4 Å². The van der Waals surface area contributed by atoms with E-state index in [2.05, 4.69) is 10.6 Å². The molecule has 0 fully saturated rings. The quantitative estimate of drug-likeness (QED) is 0.534. The molecule has 0 unspecified atom stereocenters. The molecule has 0 aliphatic heterocycles. The maximum Gasteiger partial charge on any atom is 0.335 e. The fourth-order valence-electron chi connectivity index (χ4n) is 2.84. The fourth-order valence-corrected chi connectivity index (χ4v) is 2.84. The number of methoxy groups -OCH3 is 2. The van der Waals surface area contributed by atoms with Gasteiger partial charge in [0.05, 0.1) is 31.2 Å². The fraction of sp³-hybridized carbons (Fsp3) is 0.0870. The van der Waals surface area contributed by atoms with Crippen molar-refractivity contribution in [3.8, 4) is 11.5 Å².